The fraction of sp³-hybridized carbons (Fsp3) is 0.282. The largest absolute Gasteiger partial charge is 0.352 e. The van der Waals surface area contributed by atoms with Gasteiger partial charge in [0.15, 0.2) is 0 Å². The van der Waals surface area contributed by atoms with Crippen molar-refractivity contribution >= 4 is 35.3 Å². The number of anilines is 1. The van der Waals surface area contributed by atoms with Crippen molar-refractivity contribution in [1.82, 2.24) is 10.2 Å². The van der Waals surface area contributed by atoms with Gasteiger partial charge in [-0.05, 0) is 97.9 Å². The molecule has 6 rings (SSSR count). The second kappa shape index (κ2) is 15.2. The molecule has 2 aliphatic heterocycles. The van der Waals surface area contributed by atoms with Crippen LogP contribution in [0.1, 0.15) is 64.7 Å². The fourth-order valence-electron chi connectivity index (χ4n) is 6.12. The predicted molar refractivity (Wildman–Crippen MR) is 185 cm³/mol. The number of hydrogen-bond acceptors (Lipinski definition) is 4. The van der Waals surface area contributed by atoms with Crippen LogP contribution in [0.15, 0.2) is 113 Å². The lowest BCUT2D eigenvalue weighted by molar-refractivity contribution is -0.114. The first-order valence-electron chi connectivity index (χ1n) is 16.2. The summed E-state index contributed by atoms with van der Waals surface area (Å²) in [6.07, 6.45) is 8.99. The third-order valence-corrected chi connectivity index (χ3v) is 9.60. The van der Waals surface area contributed by atoms with Crippen molar-refractivity contribution < 1.29 is 9.59 Å². The lowest BCUT2D eigenvalue weighted by atomic mass is 10.0. The minimum Gasteiger partial charge on any atom is -0.352 e. The second-order valence-electron chi connectivity index (χ2n) is 11.9. The van der Waals surface area contributed by atoms with Gasteiger partial charge < -0.3 is 15.1 Å². The molecule has 1 fully saturated rings. The summed E-state index contributed by atoms with van der Waals surface area (Å²) >= 11 is 1.50. The van der Waals surface area contributed by atoms with Crippen LogP contribution in [0.25, 0.3) is 6.08 Å². The van der Waals surface area contributed by atoms with E-state index in [2.05, 4.69) is 64.8 Å². The van der Waals surface area contributed by atoms with E-state index in [0.29, 0.717) is 23.6 Å². The topological polar surface area (TPSA) is 52.7 Å². The molecule has 0 aliphatic carbocycles. The Bertz CT molecular complexity index is 1630. The number of para-hydroxylation sites is 1. The highest BCUT2D eigenvalue weighted by molar-refractivity contribution is 8.04. The van der Waals surface area contributed by atoms with Crippen LogP contribution in [0, 0.1) is 0 Å². The number of benzene rings is 4. The molecule has 0 aromatic heterocycles. The number of likely N-dealkylation sites (tertiary alicyclic amines) is 1. The number of carbonyl (C=O) groups excluding carboxylic acids is 2. The van der Waals surface area contributed by atoms with Crippen molar-refractivity contribution in [2.45, 2.75) is 50.0 Å². The zero-order chi connectivity index (χ0) is 30.8. The van der Waals surface area contributed by atoms with E-state index >= 15 is 0 Å². The van der Waals surface area contributed by atoms with Crippen LogP contribution >= 0.6 is 11.8 Å². The van der Waals surface area contributed by atoms with E-state index in [4.69, 9.17) is 0 Å². The molecule has 0 radical (unpaired) electrons. The molecule has 6 heteroatoms. The van der Waals surface area contributed by atoms with E-state index in [0.717, 1.165) is 41.1 Å². The monoisotopic (exact) mass is 615 g/mol. The van der Waals surface area contributed by atoms with E-state index in [9.17, 15) is 9.59 Å². The molecule has 0 unspecified atom stereocenters. The summed E-state index contributed by atoms with van der Waals surface area (Å²) < 4.78 is 0. The highest BCUT2D eigenvalue weighted by atomic mass is 32.2. The summed E-state index contributed by atoms with van der Waals surface area (Å²) in [6, 6.07) is 34.6. The van der Waals surface area contributed by atoms with Gasteiger partial charge in [0.1, 0.15) is 0 Å². The van der Waals surface area contributed by atoms with Gasteiger partial charge in [-0.2, -0.15) is 0 Å². The van der Waals surface area contributed by atoms with Crippen LogP contribution in [0.4, 0.5) is 5.69 Å². The number of thioether (sulfide) groups is 1. The zero-order valence-corrected chi connectivity index (χ0v) is 26.6. The quantitative estimate of drug-likeness (QED) is 0.145. The molecule has 4 aromatic carbocycles. The number of fused-ring (bicyclic) bond motifs is 1. The summed E-state index contributed by atoms with van der Waals surface area (Å²) in [6.45, 7) is 4.57. The van der Waals surface area contributed by atoms with E-state index in [1.165, 1.54) is 61.7 Å². The number of amides is 2. The average Bonchev–Trinajstić information content (AvgIpc) is 3.35. The number of nitrogens with one attached hydrogen (secondary N) is 1. The molecule has 1 N–H and O–H groups in total. The van der Waals surface area contributed by atoms with Gasteiger partial charge in [-0.1, -0.05) is 103 Å². The Balaban J connectivity index is 1.11. The molecule has 5 nitrogen and oxygen atoms in total. The van der Waals surface area contributed by atoms with E-state index in [1.807, 2.05) is 59.5 Å². The number of nitrogens with zero attached hydrogens (tertiary/aromatic N) is 2. The third kappa shape index (κ3) is 8.33. The van der Waals surface area contributed by atoms with Gasteiger partial charge in [-0.15, -0.1) is 0 Å². The Kier molecular flexibility index (Phi) is 10.5. The van der Waals surface area contributed by atoms with Crippen LogP contribution < -0.4 is 10.2 Å². The first kappa shape index (κ1) is 30.9. The summed E-state index contributed by atoms with van der Waals surface area (Å²) in [5, 5.41) is 3.07. The fourth-order valence-corrected chi connectivity index (χ4v) is 7.18. The maximum Gasteiger partial charge on any atom is 0.265 e. The van der Waals surface area contributed by atoms with Crippen molar-refractivity contribution in [2.75, 3.05) is 31.1 Å². The van der Waals surface area contributed by atoms with Gasteiger partial charge in [0.05, 0.1) is 17.1 Å². The smallest absolute Gasteiger partial charge is 0.265 e. The predicted octanol–water partition coefficient (Wildman–Crippen LogP) is 7.95. The third-order valence-electron chi connectivity index (χ3n) is 8.52. The van der Waals surface area contributed by atoms with E-state index < -0.39 is 0 Å². The van der Waals surface area contributed by atoms with Gasteiger partial charge in [0.25, 0.3) is 11.8 Å². The van der Waals surface area contributed by atoms with Gasteiger partial charge in [-0.3, -0.25) is 9.59 Å². The Hall–Kier alpha value is -4.13. The minimum atomic E-state index is -0.0530. The van der Waals surface area contributed by atoms with Gasteiger partial charge in [0, 0.05) is 17.0 Å². The molecule has 1 saturated heterocycles. The maximum atomic E-state index is 13.9. The average molecular weight is 616 g/mol. The summed E-state index contributed by atoms with van der Waals surface area (Å²) in [7, 11) is 0. The maximum absolute atomic E-state index is 13.9. The molecule has 4 aromatic rings. The van der Waals surface area contributed by atoms with Gasteiger partial charge in [-0.25, -0.2) is 0 Å². The minimum absolute atomic E-state index is 0.0154. The highest BCUT2D eigenvalue weighted by Crippen LogP contribution is 2.42. The molecular formula is C39H41N3O2S. The molecule has 2 amide bonds. The SMILES string of the molecule is O=C(NCCCN1CCCCCC1)c1ccc(C=C2Sc3ccccc3N(Cc3cccc(Cc4ccccc4)c3)C2=O)cc1. The molecule has 230 valence electrons. The van der Waals surface area contributed by atoms with Crippen molar-refractivity contribution in [3.05, 3.63) is 136 Å². The zero-order valence-electron chi connectivity index (χ0n) is 25.8. The summed E-state index contributed by atoms with van der Waals surface area (Å²) in [5.41, 5.74) is 6.05. The normalized spacial score (nSPS) is 16.3. The van der Waals surface area contributed by atoms with Crippen LogP contribution in [0.2, 0.25) is 0 Å². The summed E-state index contributed by atoms with van der Waals surface area (Å²) in [4.78, 5) is 32.8. The molecule has 0 atom stereocenters. The highest BCUT2D eigenvalue weighted by Gasteiger charge is 2.29. The molecule has 0 saturated carbocycles. The number of carbonyl (C=O) groups is 2. The Morgan fingerprint density at radius 1 is 0.778 bits per heavy atom. The molecule has 0 bridgehead atoms. The van der Waals surface area contributed by atoms with Crippen LogP contribution in [-0.4, -0.2) is 42.9 Å². The lowest BCUT2D eigenvalue weighted by Gasteiger charge is -2.30. The van der Waals surface area contributed by atoms with Gasteiger partial charge >= 0.3 is 0 Å². The van der Waals surface area contributed by atoms with E-state index in [1.54, 1.807) is 0 Å². The van der Waals surface area contributed by atoms with E-state index in [-0.39, 0.29) is 11.8 Å². The molecule has 0 spiro atoms. The number of hydrogen-bond donors (Lipinski definition) is 1. The molecule has 45 heavy (non-hydrogen) atoms. The van der Waals surface area contributed by atoms with Crippen LogP contribution in [0.3, 0.4) is 0 Å². The van der Waals surface area contributed by atoms with Gasteiger partial charge in [0.2, 0.25) is 0 Å². The standard InChI is InChI=1S/C39H41N3O2S/c43-38(40-22-11-25-41-23-8-1-2-9-24-41)34-20-18-31(19-21-34)28-37-39(44)42(35-16-6-7-17-36(35)45-37)29-33-15-10-14-32(27-33)26-30-12-4-3-5-13-30/h3-7,10,12-21,27-28H,1-2,8-9,11,22-26,29H2,(H,40,43). The molecular weight excluding hydrogens is 575 g/mol. The molecule has 2 aliphatic rings. The second-order valence-corrected chi connectivity index (χ2v) is 13.0. The van der Waals surface area contributed by atoms with Crippen molar-refractivity contribution in [2.24, 2.45) is 0 Å². The first-order valence-corrected chi connectivity index (χ1v) is 17.0. The van der Waals surface area contributed by atoms with Crippen LogP contribution in [-0.2, 0) is 17.8 Å². The van der Waals surface area contributed by atoms with Crippen molar-refractivity contribution in [3.63, 3.8) is 0 Å². The van der Waals surface area contributed by atoms with Crippen molar-refractivity contribution in [3.8, 4) is 0 Å². The Morgan fingerprint density at radius 2 is 1.49 bits per heavy atom. The Morgan fingerprint density at radius 3 is 2.29 bits per heavy atom. The number of rotatable bonds is 10. The Labute approximate surface area is 271 Å². The molecule has 2 heterocycles. The first-order chi connectivity index (χ1) is 22.1. The van der Waals surface area contributed by atoms with Crippen LogP contribution in [0.5, 0.6) is 0 Å². The lowest BCUT2D eigenvalue weighted by Crippen LogP contribution is -2.33. The summed E-state index contributed by atoms with van der Waals surface area (Å²) in [5.74, 6) is -0.0684. The van der Waals surface area contributed by atoms with Crippen molar-refractivity contribution in [1.29, 1.82) is 0 Å².